The van der Waals surface area contributed by atoms with E-state index in [1.807, 2.05) is 0 Å². The average Bonchev–Trinajstić information content (AvgIpc) is 2.39. The Balaban J connectivity index is 1.54. The van der Waals surface area contributed by atoms with E-state index in [9.17, 15) is 0 Å². The zero-order valence-electron chi connectivity index (χ0n) is 10.5. The van der Waals surface area contributed by atoms with Crippen LogP contribution in [0.15, 0.2) is 0 Å². The lowest BCUT2D eigenvalue weighted by Gasteiger charge is -2.44. The Labute approximate surface area is 103 Å². The number of hydrogen-bond acceptors (Lipinski definition) is 5. The summed E-state index contributed by atoms with van der Waals surface area (Å²) in [4.78, 5) is 4.91. The molecule has 0 aromatic rings. The van der Waals surface area contributed by atoms with Crippen LogP contribution in [-0.2, 0) is 14.2 Å². The summed E-state index contributed by atoms with van der Waals surface area (Å²) in [6.07, 6.45) is 1.07. The van der Waals surface area contributed by atoms with Crippen molar-refractivity contribution >= 4 is 0 Å². The van der Waals surface area contributed by atoms with Gasteiger partial charge in [0.2, 0.25) is 0 Å². The summed E-state index contributed by atoms with van der Waals surface area (Å²) in [5, 5.41) is 0. The van der Waals surface area contributed by atoms with Gasteiger partial charge in [0.05, 0.1) is 19.8 Å². The second-order valence-electron chi connectivity index (χ2n) is 5.21. The summed E-state index contributed by atoms with van der Waals surface area (Å²) in [5.74, 6) is 0. The Bertz CT molecular complexity index is 256. The molecule has 5 heteroatoms. The largest absolute Gasteiger partial charge is 0.370 e. The Morgan fingerprint density at radius 2 is 1.71 bits per heavy atom. The molecule has 0 aromatic carbocycles. The molecule has 3 fully saturated rings. The highest BCUT2D eigenvalue weighted by molar-refractivity contribution is 4.85. The number of rotatable bonds is 1. The Hall–Kier alpha value is -0.200. The maximum atomic E-state index is 5.77. The second kappa shape index (κ2) is 5.20. The van der Waals surface area contributed by atoms with Gasteiger partial charge in [0, 0.05) is 32.2 Å². The highest BCUT2D eigenvalue weighted by Crippen LogP contribution is 2.25. The quantitative estimate of drug-likeness (QED) is 0.634. The van der Waals surface area contributed by atoms with Gasteiger partial charge in [-0.15, -0.1) is 0 Å². The second-order valence-corrected chi connectivity index (χ2v) is 5.21. The van der Waals surface area contributed by atoms with Gasteiger partial charge in [-0.2, -0.15) is 0 Å². The third-order valence-electron chi connectivity index (χ3n) is 4.01. The molecule has 17 heavy (non-hydrogen) atoms. The molecule has 0 amide bonds. The van der Waals surface area contributed by atoms with Crippen molar-refractivity contribution in [1.29, 1.82) is 0 Å². The van der Waals surface area contributed by atoms with Gasteiger partial charge in [-0.25, -0.2) is 0 Å². The summed E-state index contributed by atoms with van der Waals surface area (Å²) in [6.45, 7) is 6.75. The molecule has 0 bridgehead atoms. The third kappa shape index (κ3) is 2.63. The Kier molecular flexibility index (Phi) is 3.63. The minimum Gasteiger partial charge on any atom is -0.370 e. The first kappa shape index (κ1) is 11.9. The molecule has 0 saturated carbocycles. The normalized spacial score (nSPS) is 41.1. The molecule has 0 spiro atoms. The van der Waals surface area contributed by atoms with Crippen LogP contribution in [0.2, 0.25) is 0 Å². The Morgan fingerprint density at radius 3 is 2.53 bits per heavy atom. The lowest BCUT2D eigenvalue weighted by atomic mass is 10.0. The fourth-order valence-corrected chi connectivity index (χ4v) is 2.87. The van der Waals surface area contributed by atoms with Crippen LogP contribution in [0, 0.1) is 0 Å². The topological polar surface area (TPSA) is 34.2 Å². The van der Waals surface area contributed by atoms with E-state index >= 15 is 0 Å². The molecule has 98 valence electrons. The van der Waals surface area contributed by atoms with E-state index in [-0.39, 0.29) is 12.4 Å². The van der Waals surface area contributed by atoms with Crippen LogP contribution < -0.4 is 0 Å². The van der Waals surface area contributed by atoms with Gasteiger partial charge in [-0.3, -0.25) is 4.90 Å². The highest BCUT2D eigenvalue weighted by Gasteiger charge is 2.37. The van der Waals surface area contributed by atoms with E-state index in [0.717, 1.165) is 39.2 Å². The summed E-state index contributed by atoms with van der Waals surface area (Å²) in [5.41, 5.74) is 0. The van der Waals surface area contributed by atoms with Gasteiger partial charge in [0.1, 0.15) is 6.10 Å². The van der Waals surface area contributed by atoms with Crippen LogP contribution in [0.4, 0.5) is 0 Å². The molecule has 3 atom stereocenters. The van der Waals surface area contributed by atoms with Gasteiger partial charge in [0.15, 0.2) is 6.29 Å². The van der Waals surface area contributed by atoms with Crippen LogP contribution in [0.3, 0.4) is 0 Å². The van der Waals surface area contributed by atoms with E-state index in [1.165, 1.54) is 0 Å². The first-order valence-electron chi connectivity index (χ1n) is 6.60. The third-order valence-corrected chi connectivity index (χ3v) is 4.01. The van der Waals surface area contributed by atoms with Crippen molar-refractivity contribution in [2.75, 3.05) is 53.0 Å². The van der Waals surface area contributed by atoms with Gasteiger partial charge < -0.3 is 19.1 Å². The van der Waals surface area contributed by atoms with E-state index in [4.69, 9.17) is 14.2 Å². The van der Waals surface area contributed by atoms with Gasteiger partial charge in [-0.05, 0) is 13.5 Å². The highest BCUT2D eigenvalue weighted by atomic mass is 16.7. The molecule has 3 aliphatic rings. The minimum atomic E-state index is -0.118. The molecule has 3 heterocycles. The maximum absolute atomic E-state index is 5.77. The predicted octanol–water partition coefficient (Wildman–Crippen LogP) is -0.236. The summed E-state index contributed by atoms with van der Waals surface area (Å²) < 4.78 is 17.1. The number of fused-ring (bicyclic) bond motifs is 1. The van der Waals surface area contributed by atoms with Crippen molar-refractivity contribution < 1.29 is 14.2 Å². The number of likely N-dealkylation sites (N-methyl/N-ethyl adjacent to an activating group) is 1. The summed E-state index contributed by atoms with van der Waals surface area (Å²) in [6, 6.07) is 0.506. The molecule has 0 radical (unpaired) electrons. The molecule has 0 N–H and O–H groups in total. The van der Waals surface area contributed by atoms with Crippen molar-refractivity contribution in [2.45, 2.75) is 24.9 Å². The predicted molar refractivity (Wildman–Crippen MR) is 62.9 cm³/mol. The van der Waals surface area contributed by atoms with Crippen molar-refractivity contribution in [2.24, 2.45) is 0 Å². The minimum absolute atomic E-state index is 0.118. The SMILES string of the molecule is CN1CCN([C@H]2CO[C@H]3OCCO[C@H]3C2)CC1. The van der Waals surface area contributed by atoms with Crippen LogP contribution in [-0.4, -0.2) is 81.3 Å². The van der Waals surface area contributed by atoms with E-state index in [0.29, 0.717) is 19.3 Å². The smallest absolute Gasteiger partial charge is 0.183 e. The Morgan fingerprint density at radius 1 is 0.941 bits per heavy atom. The number of nitrogens with zero attached hydrogens (tertiary/aromatic N) is 2. The molecule has 5 nitrogen and oxygen atoms in total. The first-order valence-corrected chi connectivity index (χ1v) is 6.60. The number of ether oxygens (including phenoxy) is 3. The molecule has 3 aliphatic heterocycles. The zero-order valence-corrected chi connectivity index (χ0v) is 10.5. The summed E-state index contributed by atoms with van der Waals surface area (Å²) >= 11 is 0. The summed E-state index contributed by atoms with van der Waals surface area (Å²) in [7, 11) is 2.18. The molecule has 3 saturated heterocycles. The van der Waals surface area contributed by atoms with Gasteiger partial charge >= 0.3 is 0 Å². The monoisotopic (exact) mass is 242 g/mol. The number of piperazine rings is 1. The fourth-order valence-electron chi connectivity index (χ4n) is 2.87. The van der Waals surface area contributed by atoms with Crippen molar-refractivity contribution in [3.05, 3.63) is 0 Å². The molecular formula is C12H22N2O3. The lowest BCUT2D eigenvalue weighted by molar-refractivity contribution is -0.276. The molecule has 3 rings (SSSR count). The lowest BCUT2D eigenvalue weighted by Crippen LogP contribution is -2.56. The molecule has 0 aromatic heterocycles. The van der Waals surface area contributed by atoms with E-state index < -0.39 is 0 Å². The number of hydrogen-bond donors (Lipinski definition) is 0. The van der Waals surface area contributed by atoms with Crippen LogP contribution in [0.5, 0.6) is 0 Å². The standard InChI is InChI=1S/C12H22N2O3/c1-13-2-4-14(5-3-13)10-8-11-12(17-9-10)16-7-6-15-11/h10-12H,2-9H2,1H3/t10-,11+,12-/m1/s1. The molecule has 0 unspecified atom stereocenters. The van der Waals surface area contributed by atoms with Gasteiger partial charge in [0.25, 0.3) is 0 Å². The van der Waals surface area contributed by atoms with Gasteiger partial charge in [-0.1, -0.05) is 0 Å². The fraction of sp³-hybridized carbons (Fsp3) is 1.00. The van der Waals surface area contributed by atoms with E-state index in [1.54, 1.807) is 0 Å². The van der Waals surface area contributed by atoms with E-state index in [2.05, 4.69) is 16.8 Å². The average molecular weight is 242 g/mol. The zero-order chi connectivity index (χ0) is 11.7. The molecular weight excluding hydrogens is 220 g/mol. The van der Waals surface area contributed by atoms with Crippen molar-refractivity contribution in [1.82, 2.24) is 9.80 Å². The van der Waals surface area contributed by atoms with Crippen LogP contribution >= 0.6 is 0 Å². The first-order chi connectivity index (χ1) is 8.33. The van der Waals surface area contributed by atoms with Crippen LogP contribution in [0.1, 0.15) is 6.42 Å². The van der Waals surface area contributed by atoms with Crippen LogP contribution in [0.25, 0.3) is 0 Å². The van der Waals surface area contributed by atoms with Crippen molar-refractivity contribution in [3.8, 4) is 0 Å². The maximum Gasteiger partial charge on any atom is 0.183 e. The van der Waals surface area contributed by atoms with Crippen molar-refractivity contribution in [3.63, 3.8) is 0 Å². The molecule has 0 aliphatic carbocycles.